The minimum atomic E-state index is 0.0478. The quantitative estimate of drug-likeness (QED) is 0.510. The molecule has 0 aliphatic rings. The van der Waals surface area contributed by atoms with Gasteiger partial charge in [0, 0.05) is 24.2 Å². The van der Waals surface area contributed by atoms with Crippen molar-refractivity contribution in [3.63, 3.8) is 0 Å². The highest BCUT2D eigenvalue weighted by Crippen LogP contribution is 2.30. The molecule has 0 unspecified atom stereocenters. The van der Waals surface area contributed by atoms with Gasteiger partial charge in [-0.25, -0.2) is 9.97 Å². The van der Waals surface area contributed by atoms with Crippen LogP contribution in [0.3, 0.4) is 0 Å². The third-order valence-electron chi connectivity index (χ3n) is 3.19. The van der Waals surface area contributed by atoms with Crippen molar-refractivity contribution in [3.8, 4) is 21.1 Å². The Kier molecular flexibility index (Phi) is 4.96. The molecule has 0 aliphatic carbocycles. The number of nitrogens with zero attached hydrogens (tertiary/aromatic N) is 4. The summed E-state index contributed by atoms with van der Waals surface area (Å²) in [6.45, 7) is 5.78. The number of hydrogen-bond donors (Lipinski definition) is 0. The zero-order chi connectivity index (χ0) is 16.9. The molecular formula is C18H18N4OS. The number of pyridine rings is 2. The molecule has 0 bridgehead atoms. The first-order chi connectivity index (χ1) is 11.6. The van der Waals surface area contributed by atoms with E-state index in [0.29, 0.717) is 0 Å². The van der Waals surface area contributed by atoms with Crippen molar-refractivity contribution >= 4 is 17.0 Å². The van der Waals surface area contributed by atoms with Crippen molar-refractivity contribution in [1.82, 2.24) is 15.0 Å². The van der Waals surface area contributed by atoms with E-state index in [1.165, 1.54) is 0 Å². The summed E-state index contributed by atoms with van der Waals surface area (Å²) in [6.07, 6.45) is 5.46. The van der Waals surface area contributed by atoms with Gasteiger partial charge in [-0.15, -0.1) is 11.3 Å². The van der Waals surface area contributed by atoms with E-state index in [2.05, 4.69) is 20.1 Å². The standard InChI is InChI=1S/C18H18N4OS/c1-12(2)23-22-13(3)15-7-4-8-16(21-15)17-11-20-18(24-17)14-6-5-9-19-10-14/h4-12H,1-3H3/b22-13+. The van der Waals surface area contributed by atoms with Crippen molar-refractivity contribution in [2.75, 3.05) is 0 Å². The molecule has 0 radical (unpaired) electrons. The summed E-state index contributed by atoms with van der Waals surface area (Å²) in [4.78, 5) is 19.6. The smallest absolute Gasteiger partial charge is 0.125 e. The fourth-order valence-corrected chi connectivity index (χ4v) is 2.90. The van der Waals surface area contributed by atoms with Crippen molar-refractivity contribution in [3.05, 3.63) is 54.6 Å². The largest absolute Gasteiger partial charge is 0.393 e. The molecule has 0 atom stereocenters. The maximum Gasteiger partial charge on any atom is 0.125 e. The number of rotatable bonds is 5. The van der Waals surface area contributed by atoms with E-state index in [9.17, 15) is 0 Å². The maximum atomic E-state index is 5.30. The molecule has 6 heteroatoms. The van der Waals surface area contributed by atoms with Crippen LogP contribution in [-0.2, 0) is 4.84 Å². The summed E-state index contributed by atoms with van der Waals surface area (Å²) in [7, 11) is 0. The Morgan fingerprint density at radius 1 is 1.17 bits per heavy atom. The molecule has 3 aromatic rings. The van der Waals surface area contributed by atoms with E-state index in [4.69, 9.17) is 4.84 Å². The van der Waals surface area contributed by atoms with Gasteiger partial charge in [0.25, 0.3) is 0 Å². The van der Waals surface area contributed by atoms with Crippen LogP contribution in [0.4, 0.5) is 0 Å². The highest BCUT2D eigenvalue weighted by molar-refractivity contribution is 7.18. The number of hydrogen-bond acceptors (Lipinski definition) is 6. The van der Waals surface area contributed by atoms with Gasteiger partial charge in [-0.3, -0.25) is 4.98 Å². The van der Waals surface area contributed by atoms with Gasteiger partial charge in [0.05, 0.1) is 16.3 Å². The first-order valence-corrected chi connectivity index (χ1v) is 8.49. The molecule has 3 heterocycles. The molecule has 0 fully saturated rings. The average molecular weight is 338 g/mol. The highest BCUT2D eigenvalue weighted by Gasteiger charge is 2.09. The predicted octanol–water partition coefficient (Wildman–Crippen LogP) is 4.42. The molecule has 3 rings (SSSR count). The average Bonchev–Trinajstić information content (AvgIpc) is 3.11. The topological polar surface area (TPSA) is 60.3 Å². The van der Waals surface area contributed by atoms with Gasteiger partial charge in [0.15, 0.2) is 0 Å². The second-order valence-corrected chi connectivity index (χ2v) is 6.54. The molecule has 5 nitrogen and oxygen atoms in total. The fraction of sp³-hybridized carbons (Fsp3) is 0.222. The lowest BCUT2D eigenvalue weighted by Gasteiger charge is -2.05. The summed E-state index contributed by atoms with van der Waals surface area (Å²) in [5.41, 5.74) is 3.43. The molecule has 0 saturated heterocycles. The van der Waals surface area contributed by atoms with Crippen LogP contribution >= 0.6 is 11.3 Å². The van der Waals surface area contributed by atoms with Crippen LogP contribution in [0.15, 0.2) is 54.1 Å². The second-order valence-electron chi connectivity index (χ2n) is 5.51. The molecule has 24 heavy (non-hydrogen) atoms. The summed E-state index contributed by atoms with van der Waals surface area (Å²) in [5, 5.41) is 5.04. The van der Waals surface area contributed by atoms with Crippen molar-refractivity contribution in [2.24, 2.45) is 5.16 Å². The van der Waals surface area contributed by atoms with Gasteiger partial charge in [0.2, 0.25) is 0 Å². The Hall–Kier alpha value is -2.60. The summed E-state index contributed by atoms with van der Waals surface area (Å²) >= 11 is 1.59. The van der Waals surface area contributed by atoms with Gasteiger partial charge >= 0.3 is 0 Å². The lowest BCUT2D eigenvalue weighted by Crippen LogP contribution is -2.03. The van der Waals surface area contributed by atoms with E-state index in [1.54, 1.807) is 17.5 Å². The fourth-order valence-electron chi connectivity index (χ4n) is 2.02. The second kappa shape index (κ2) is 7.31. The first kappa shape index (κ1) is 16.3. The summed E-state index contributed by atoms with van der Waals surface area (Å²) in [6, 6.07) is 9.77. The first-order valence-electron chi connectivity index (χ1n) is 7.68. The van der Waals surface area contributed by atoms with Crippen LogP contribution in [0.5, 0.6) is 0 Å². The van der Waals surface area contributed by atoms with E-state index < -0.39 is 0 Å². The van der Waals surface area contributed by atoms with E-state index in [0.717, 1.165) is 32.5 Å². The van der Waals surface area contributed by atoms with Gasteiger partial charge in [-0.1, -0.05) is 11.2 Å². The number of thiazole rings is 1. The van der Waals surface area contributed by atoms with E-state index in [-0.39, 0.29) is 6.10 Å². The van der Waals surface area contributed by atoms with E-state index >= 15 is 0 Å². The molecular weight excluding hydrogens is 320 g/mol. The van der Waals surface area contributed by atoms with Crippen LogP contribution in [0, 0.1) is 0 Å². The van der Waals surface area contributed by atoms with Crippen LogP contribution in [-0.4, -0.2) is 26.8 Å². The minimum absolute atomic E-state index is 0.0478. The lowest BCUT2D eigenvalue weighted by molar-refractivity contribution is 0.0859. The zero-order valence-electron chi connectivity index (χ0n) is 13.8. The molecule has 0 spiro atoms. The monoisotopic (exact) mass is 338 g/mol. The van der Waals surface area contributed by atoms with Crippen LogP contribution in [0.2, 0.25) is 0 Å². The van der Waals surface area contributed by atoms with Gasteiger partial charge in [0.1, 0.15) is 16.8 Å². The Morgan fingerprint density at radius 2 is 2.04 bits per heavy atom. The molecule has 0 aliphatic heterocycles. The Bertz CT molecular complexity index is 843. The maximum absolute atomic E-state index is 5.30. The number of oxime groups is 1. The predicted molar refractivity (Wildman–Crippen MR) is 97.0 cm³/mol. The van der Waals surface area contributed by atoms with Gasteiger partial charge < -0.3 is 4.84 Å². The van der Waals surface area contributed by atoms with E-state index in [1.807, 2.05) is 63.5 Å². The Morgan fingerprint density at radius 3 is 2.79 bits per heavy atom. The Balaban J connectivity index is 1.87. The van der Waals surface area contributed by atoms with Crippen LogP contribution < -0.4 is 0 Å². The minimum Gasteiger partial charge on any atom is -0.393 e. The van der Waals surface area contributed by atoms with Crippen molar-refractivity contribution < 1.29 is 4.84 Å². The third-order valence-corrected chi connectivity index (χ3v) is 4.26. The molecule has 3 aromatic heterocycles. The van der Waals surface area contributed by atoms with Crippen molar-refractivity contribution in [1.29, 1.82) is 0 Å². The van der Waals surface area contributed by atoms with Crippen molar-refractivity contribution in [2.45, 2.75) is 26.9 Å². The normalized spacial score (nSPS) is 11.8. The zero-order valence-corrected chi connectivity index (χ0v) is 14.6. The molecule has 0 N–H and O–H groups in total. The highest BCUT2D eigenvalue weighted by atomic mass is 32.1. The SMILES string of the molecule is C/C(=N\OC(C)C)c1cccc(-c2cnc(-c3cccnc3)s2)n1. The van der Waals surface area contributed by atoms with Crippen LogP contribution in [0.1, 0.15) is 26.5 Å². The van der Waals surface area contributed by atoms with Gasteiger partial charge in [-0.05, 0) is 45.0 Å². The molecule has 122 valence electrons. The van der Waals surface area contributed by atoms with Gasteiger partial charge in [-0.2, -0.15) is 0 Å². The lowest BCUT2D eigenvalue weighted by atomic mass is 10.2. The van der Waals surface area contributed by atoms with Crippen LogP contribution in [0.25, 0.3) is 21.1 Å². The molecule has 0 saturated carbocycles. The Labute approximate surface area is 145 Å². The number of aromatic nitrogens is 3. The molecule has 0 aromatic carbocycles. The summed E-state index contributed by atoms with van der Waals surface area (Å²) < 4.78 is 0. The third kappa shape index (κ3) is 3.83. The molecule has 0 amide bonds. The summed E-state index contributed by atoms with van der Waals surface area (Å²) in [5.74, 6) is 0.